The van der Waals surface area contributed by atoms with Crippen LogP contribution in [0, 0.1) is 0 Å². The Morgan fingerprint density at radius 3 is 1.10 bits per heavy atom. The third-order valence-corrected chi connectivity index (χ3v) is 10.7. The number of hydrogen-bond acceptors (Lipinski definition) is 10. The monoisotopic (exact) mass is 600 g/mol. The number of phenols is 3. The smallest absolute Gasteiger partial charge is 0.265 e. The first kappa shape index (κ1) is 31.1. The van der Waals surface area contributed by atoms with Crippen LogP contribution in [0.4, 0.5) is 0 Å². The average Bonchev–Trinajstić information content (AvgIpc) is 2.98. The van der Waals surface area contributed by atoms with Crippen molar-refractivity contribution < 1.29 is 29.5 Å². The Bertz CT molecular complexity index is 1330. The molecule has 0 saturated heterocycles. The normalized spacial score (nSPS) is 11.8. The van der Waals surface area contributed by atoms with E-state index in [1.165, 1.54) is 54.3 Å². The second kappa shape index (κ2) is 13.7. The van der Waals surface area contributed by atoms with Crippen molar-refractivity contribution in [2.75, 3.05) is 42.5 Å². The minimum absolute atomic E-state index is 0.0693. The van der Waals surface area contributed by atoms with Gasteiger partial charge < -0.3 is 29.5 Å². The van der Waals surface area contributed by atoms with Gasteiger partial charge in [-0.3, -0.25) is 0 Å². The zero-order chi connectivity index (χ0) is 30.2. The Hall–Kier alpha value is -4.48. The van der Waals surface area contributed by atoms with Gasteiger partial charge in [0.1, 0.15) is 0 Å². The molecular weight excluding hydrogens is 567 g/mol. The molecule has 0 fully saturated rings. The van der Waals surface area contributed by atoms with Crippen molar-refractivity contribution in [3.63, 3.8) is 0 Å². The lowest BCUT2D eigenvalue weighted by Gasteiger charge is -2.39. The van der Waals surface area contributed by atoms with E-state index >= 15 is 0 Å². The second-order valence-electron chi connectivity index (χ2n) is 8.41. The number of benzene rings is 3. The van der Waals surface area contributed by atoms with Gasteiger partial charge in [-0.05, 0) is 48.2 Å². The number of hydrazone groups is 3. The quantitative estimate of drug-likeness (QED) is 0.157. The molecule has 0 aliphatic carbocycles. The van der Waals surface area contributed by atoms with Crippen molar-refractivity contribution in [1.82, 2.24) is 14.3 Å². The predicted octanol–water partition coefficient (Wildman–Crippen LogP) is 4.25. The van der Waals surface area contributed by atoms with Crippen LogP contribution >= 0.6 is 6.49 Å². The Morgan fingerprint density at radius 2 is 0.854 bits per heavy atom. The van der Waals surface area contributed by atoms with Crippen molar-refractivity contribution in [3.8, 4) is 34.5 Å². The molecule has 3 rings (SSSR count). The molecule has 0 radical (unpaired) electrons. The first-order valence-corrected chi connectivity index (χ1v) is 14.8. The number of hydrogen-bond donors (Lipinski definition) is 3. The minimum atomic E-state index is -3.10. The number of methoxy groups -OCH3 is 3. The molecule has 0 spiro atoms. The van der Waals surface area contributed by atoms with Crippen molar-refractivity contribution >= 4 is 36.9 Å². The Balaban J connectivity index is 2.02. The van der Waals surface area contributed by atoms with E-state index in [-0.39, 0.29) is 17.2 Å². The van der Waals surface area contributed by atoms with Crippen LogP contribution in [-0.2, 0) is 11.8 Å². The highest BCUT2D eigenvalue weighted by Gasteiger charge is 2.32. The van der Waals surface area contributed by atoms with Crippen LogP contribution in [0.25, 0.3) is 0 Å². The Morgan fingerprint density at radius 1 is 0.585 bits per heavy atom. The van der Waals surface area contributed by atoms with Crippen LogP contribution in [-0.4, -0.2) is 90.8 Å². The maximum Gasteiger partial charge on any atom is 0.265 e. The largest absolute Gasteiger partial charge is 0.504 e. The standard InChI is InChI=1S/C27H33N6O6PS/c1-31(28-16-19-10-7-13-22(37-4)25(19)34)40(41,32(2)29-17-20-11-8-14-23(38-5)26(20)35)33(3)30-18-21-12-9-15-24(39-6)27(21)36/h7-18,34-36H,1-6H3/b28-16+,29-17+,30-18?. The topological polar surface area (TPSA) is 135 Å². The molecule has 0 heterocycles. The van der Waals surface area contributed by atoms with Gasteiger partial charge in [-0.1, -0.05) is 18.2 Å². The summed E-state index contributed by atoms with van der Waals surface area (Å²) < 4.78 is 20.1. The number of para-hydroxylation sites is 3. The number of nitrogens with zero attached hydrogens (tertiary/aromatic N) is 6. The lowest BCUT2D eigenvalue weighted by atomic mass is 10.2. The zero-order valence-corrected chi connectivity index (χ0v) is 25.2. The maximum absolute atomic E-state index is 10.5. The summed E-state index contributed by atoms with van der Waals surface area (Å²) in [6, 6.07) is 15.1. The van der Waals surface area contributed by atoms with Gasteiger partial charge in [-0.15, -0.1) is 0 Å². The van der Waals surface area contributed by atoms with Crippen molar-refractivity contribution in [1.29, 1.82) is 0 Å². The van der Waals surface area contributed by atoms with Crippen LogP contribution in [0.3, 0.4) is 0 Å². The third kappa shape index (κ3) is 6.82. The SMILES string of the molecule is COc1cccc(C=NN(C)P(=S)(N(C)/N=C/c2cccc(OC)c2O)N(C)/N=C/c2cccc(OC)c2O)c1O. The summed E-state index contributed by atoms with van der Waals surface area (Å²) in [4.78, 5) is 0. The Labute approximate surface area is 244 Å². The predicted molar refractivity (Wildman–Crippen MR) is 164 cm³/mol. The van der Waals surface area contributed by atoms with Crippen LogP contribution in [0.5, 0.6) is 34.5 Å². The van der Waals surface area contributed by atoms with Gasteiger partial charge in [0.15, 0.2) is 34.5 Å². The van der Waals surface area contributed by atoms with Crippen LogP contribution in [0.2, 0.25) is 0 Å². The van der Waals surface area contributed by atoms with Gasteiger partial charge in [0.2, 0.25) is 0 Å². The first-order chi connectivity index (χ1) is 19.6. The maximum atomic E-state index is 10.5. The number of rotatable bonds is 12. The molecule has 3 N–H and O–H groups in total. The zero-order valence-electron chi connectivity index (χ0n) is 23.5. The van der Waals surface area contributed by atoms with E-state index in [0.717, 1.165) is 0 Å². The molecule has 0 amide bonds. The fraction of sp³-hybridized carbons (Fsp3) is 0.222. The summed E-state index contributed by atoms with van der Waals surface area (Å²) in [5, 5.41) is 45.0. The molecule has 41 heavy (non-hydrogen) atoms. The van der Waals surface area contributed by atoms with Crippen molar-refractivity contribution in [3.05, 3.63) is 71.3 Å². The second-order valence-corrected chi connectivity index (χ2v) is 12.6. The van der Waals surface area contributed by atoms with Gasteiger partial charge in [0.05, 0.1) is 40.0 Å². The molecule has 3 aromatic rings. The molecule has 0 unspecified atom stereocenters. The van der Waals surface area contributed by atoms with Gasteiger partial charge in [0.25, 0.3) is 6.49 Å². The van der Waals surface area contributed by atoms with Gasteiger partial charge >= 0.3 is 0 Å². The summed E-state index contributed by atoms with van der Waals surface area (Å²) in [5.41, 5.74) is 1.24. The van der Waals surface area contributed by atoms with Crippen LogP contribution < -0.4 is 14.2 Å². The van der Waals surface area contributed by atoms with E-state index in [4.69, 9.17) is 26.0 Å². The summed E-state index contributed by atoms with van der Waals surface area (Å²) in [5.74, 6) is 0.697. The molecule has 0 aliphatic rings. The molecule has 0 aliphatic heterocycles. The van der Waals surface area contributed by atoms with E-state index in [2.05, 4.69) is 15.3 Å². The van der Waals surface area contributed by atoms with E-state index in [0.29, 0.717) is 33.9 Å². The number of aromatic hydroxyl groups is 3. The fourth-order valence-electron chi connectivity index (χ4n) is 3.63. The summed E-state index contributed by atoms with van der Waals surface area (Å²) in [7, 11) is 9.38. The molecule has 218 valence electrons. The van der Waals surface area contributed by atoms with Gasteiger partial charge in [-0.2, -0.15) is 15.3 Å². The summed E-state index contributed by atoms with van der Waals surface area (Å²) >= 11 is 6.15. The van der Waals surface area contributed by atoms with E-state index in [1.54, 1.807) is 75.7 Å². The fourth-order valence-corrected chi connectivity index (χ4v) is 5.69. The van der Waals surface area contributed by atoms with Crippen molar-refractivity contribution in [2.24, 2.45) is 15.3 Å². The van der Waals surface area contributed by atoms with Crippen molar-refractivity contribution in [2.45, 2.75) is 0 Å². The van der Waals surface area contributed by atoms with E-state index < -0.39 is 6.49 Å². The molecule has 3 aromatic carbocycles. The lowest BCUT2D eigenvalue weighted by Crippen LogP contribution is -2.29. The van der Waals surface area contributed by atoms with E-state index in [1.807, 2.05) is 0 Å². The minimum Gasteiger partial charge on any atom is -0.504 e. The van der Waals surface area contributed by atoms with Crippen LogP contribution in [0.15, 0.2) is 69.9 Å². The number of phenolic OH excluding ortho intramolecular Hbond substituents is 3. The summed E-state index contributed by atoms with van der Waals surface area (Å²) in [6.07, 6.45) is 4.36. The molecule has 14 heteroatoms. The lowest BCUT2D eigenvalue weighted by molar-refractivity contribution is 0.373. The molecule has 0 atom stereocenters. The summed E-state index contributed by atoms with van der Waals surface area (Å²) in [6.45, 7) is -3.10. The highest BCUT2D eigenvalue weighted by atomic mass is 32.4. The Kier molecular flexibility index (Phi) is 10.4. The van der Waals surface area contributed by atoms with E-state index in [9.17, 15) is 15.3 Å². The van der Waals surface area contributed by atoms with Gasteiger partial charge in [0, 0.05) is 37.8 Å². The molecular formula is C27H33N6O6PS. The highest BCUT2D eigenvalue weighted by Crippen LogP contribution is 2.55. The van der Waals surface area contributed by atoms with Crippen LogP contribution in [0.1, 0.15) is 16.7 Å². The molecule has 0 aromatic heterocycles. The molecule has 0 bridgehead atoms. The average molecular weight is 601 g/mol. The number of ether oxygens (including phenoxy) is 3. The highest BCUT2D eigenvalue weighted by molar-refractivity contribution is 8.11. The molecule has 0 saturated carbocycles. The van der Waals surface area contributed by atoms with Gasteiger partial charge in [-0.25, -0.2) is 14.3 Å². The molecule has 12 nitrogen and oxygen atoms in total. The third-order valence-electron chi connectivity index (χ3n) is 5.97. The first-order valence-electron chi connectivity index (χ1n) is 12.1.